The summed E-state index contributed by atoms with van der Waals surface area (Å²) in [6.07, 6.45) is 0.346. The van der Waals surface area contributed by atoms with Crippen LogP contribution in [0.4, 0.5) is 0 Å². The molecule has 2 saturated heterocycles. The molecule has 144 valence electrons. The van der Waals surface area contributed by atoms with Crippen molar-refractivity contribution in [3.05, 3.63) is 29.8 Å². The molecule has 2 N–H and O–H groups in total. The van der Waals surface area contributed by atoms with Gasteiger partial charge in [0.25, 0.3) is 0 Å². The van der Waals surface area contributed by atoms with E-state index in [2.05, 4.69) is 5.32 Å². The molecule has 3 heterocycles. The highest BCUT2D eigenvalue weighted by Crippen LogP contribution is 2.44. The zero-order valence-electron chi connectivity index (χ0n) is 15.0. The molecule has 3 aliphatic rings. The lowest BCUT2D eigenvalue weighted by Gasteiger charge is -2.29. The summed E-state index contributed by atoms with van der Waals surface area (Å²) in [6.45, 7) is 2.28. The number of amides is 2. The summed E-state index contributed by atoms with van der Waals surface area (Å²) in [4.78, 5) is 40.0. The van der Waals surface area contributed by atoms with Crippen molar-refractivity contribution in [1.82, 2.24) is 15.1 Å². The van der Waals surface area contributed by atoms with Crippen molar-refractivity contribution in [2.75, 3.05) is 45.9 Å². The second-order valence-corrected chi connectivity index (χ2v) is 7.59. The lowest BCUT2D eigenvalue weighted by atomic mass is 9.74. The number of nitrogens with one attached hydrogen (secondary N) is 1. The van der Waals surface area contributed by atoms with Gasteiger partial charge in [0.2, 0.25) is 11.8 Å². The number of piperazine rings is 1. The van der Waals surface area contributed by atoms with Gasteiger partial charge in [-0.1, -0.05) is 18.2 Å². The van der Waals surface area contributed by atoms with Crippen LogP contribution >= 0.6 is 0 Å². The van der Waals surface area contributed by atoms with Gasteiger partial charge in [0.05, 0.1) is 25.1 Å². The molecule has 2 atom stereocenters. The van der Waals surface area contributed by atoms with Crippen molar-refractivity contribution in [1.29, 1.82) is 0 Å². The highest BCUT2D eigenvalue weighted by Gasteiger charge is 2.55. The van der Waals surface area contributed by atoms with Crippen LogP contribution in [0, 0.1) is 11.3 Å². The Hall–Kier alpha value is -2.61. The maximum Gasteiger partial charge on any atom is 0.312 e. The molecule has 0 aliphatic carbocycles. The van der Waals surface area contributed by atoms with Gasteiger partial charge in [0.15, 0.2) is 0 Å². The number of carbonyl (C=O) groups excluding carboxylic acids is 2. The molecule has 1 aromatic carbocycles. The second kappa shape index (κ2) is 6.84. The Morgan fingerprint density at radius 3 is 2.93 bits per heavy atom. The van der Waals surface area contributed by atoms with Crippen LogP contribution in [-0.2, 0) is 20.8 Å². The zero-order chi connectivity index (χ0) is 19.0. The topological polar surface area (TPSA) is 99.2 Å². The van der Waals surface area contributed by atoms with Gasteiger partial charge in [-0.2, -0.15) is 0 Å². The van der Waals surface area contributed by atoms with Gasteiger partial charge in [0.1, 0.15) is 5.75 Å². The van der Waals surface area contributed by atoms with Crippen molar-refractivity contribution in [3.63, 3.8) is 0 Å². The van der Waals surface area contributed by atoms with Gasteiger partial charge in [-0.15, -0.1) is 0 Å². The summed E-state index contributed by atoms with van der Waals surface area (Å²) in [5.41, 5.74) is -0.175. The van der Waals surface area contributed by atoms with Crippen molar-refractivity contribution in [2.45, 2.75) is 6.42 Å². The Bertz CT molecular complexity index is 782. The lowest BCUT2D eigenvalue weighted by molar-refractivity contribution is -0.151. The number of hydrogen-bond donors (Lipinski definition) is 2. The van der Waals surface area contributed by atoms with E-state index in [0.29, 0.717) is 26.1 Å². The Kier molecular flexibility index (Phi) is 4.51. The fourth-order valence-electron chi connectivity index (χ4n) is 4.33. The smallest absolute Gasteiger partial charge is 0.312 e. The molecular weight excluding hydrogens is 350 g/mol. The number of benzene rings is 1. The first kappa shape index (κ1) is 17.8. The first-order chi connectivity index (χ1) is 13.0. The molecule has 8 nitrogen and oxygen atoms in total. The Morgan fingerprint density at radius 1 is 1.33 bits per heavy atom. The summed E-state index contributed by atoms with van der Waals surface area (Å²) in [5, 5.41) is 12.8. The maximum atomic E-state index is 12.8. The molecule has 2 amide bonds. The van der Waals surface area contributed by atoms with Crippen LogP contribution in [0.15, 0.2) is 24.3 Å². The van der Waals surface area contributed by atoms with E-state index in [9.17, 15) is 19.5 Å². The molecule has 27 heavy (non-hydrogen) atoms. The number of carbonyl (C=O) groups is 3. The Balaban J connectivity index is 1.52. The van der Waals surface area contributed by atoms with Crippen molar-refractivity contribution < 1.29 is 24.2 Å². The van der Waals surface area contributed by atoms with Gasteiger partial charge in [-0.25, -0.2) is 0 Å². The number of likely N-dealkylation sites (tertiary alicyclic amines) is 1. The molecule has 1 aromatic rings. The number of para-hydroxylation sites is 1. The van der Waals surface area contributed by atoms with E-state index in [0.717, 1.165) is 11.3 Å². The highest BCUT2D eigenvalue weighted by molar-refractivity contribution is 5.84. The standard InChI is InChI=1S/C19H23N3O5/c23-16-9-21(6-5-20-16)10-17(24)22-8-14-11-27-15-4-2-1-3-13(15)7-19(14,12-22)18(25)26/h1-4,14H,5-12H2,(H,20,23)(H,25,26). The van der Waals surface area contributed by atoms with E-state index in [1.165, 1.54) is 0 Å². The van der Waals surface area contributed by atoms with E-state index in [4.69, 9.17) is 4.74 Å². The average Bonchev–Trinajstić information content (AvgIpc) is 2.93. The van der Waals surface area contributed by atoms with Crippen LogP contribution in [-0.4, -0.2) is 78.6 Å². The Labute approximate surface area is 157 Å². The summed E-state index contributed by atoms with van der Waals surface area (Å²) >= 11 is 0. The lowest BCUT2D eigenvalue weighted by Crippen LogP contribution is -2.51. The summed E-state index contributed by atoms with van der Waals surface area (Å²) < 4.78 is 5.87. The summed E-state index contributed by atoms with van der Waals surface area (Å²) in [6, 6.07) is 7.49. The fraction of sp³-hybridized carbons (Fsp3) is 0.526. The molecule has 2 fully saturated rings. The maximum absolute atomic E-state index is 12.8. The monoisotopic (exact) mass is 373 g/mol. The predicted molar refractivity (Wildman–Crippen MR) is 95.2 cm³/mol. The van der Waals surface area contributed by atoms with Crippen LogP contribution in [0.3, 0.4) is 0 Å². The van der Waals surface area contributed by atoms with Crippen LogP contribution in [0.2, 0.25) is 0 Å². The second-order valence-electron chi connectivity index (χ2n) is 7.59. The third-order valence-electron chi connectivity index (χ3n) is 5.87. The number of rotatable bonds is 3. The van der Waals surface area contributed by atoms with Crippen LogP contribution in [0.25, 0.3) is 0 Å². The van der Waals surface area contributed by atoms with E-state index in [1.807, 2.05) is 24.3 Å². The highest BCUT2D eigenvalue weighted by atomic mass is 16.5. The van der Waals surface area contributed by atoms with Crippen molar-refractivity contribution >= 4 is 17.8 Å². The molecule has 3 aliphatic heterocycles. The average molecular weight is 373 g/mol. The quantitative estimate of drug-likeness (QED) is 0.747. The van der Waals surface area contributed by atoms with Crippen LogP contribution < -0.4 is 10.1 Å². The largest absolute Gasteiger partial charge is 0.493 e. The molecule has 0 radical (unpaired) electrons. The number of carboxylic acid groups (broad SMARTS) is 1. The number of carboxylic acids is 1. The molecule has 0 saturated carbocycles. The van der Waals surface area contributed by atoms with Gasteiger partial charge >= 0.3 is 5.97 Å². The first-order valence-corrected chi connectivity index (χ1v) is 9.19. The van der Waals surface area contributed by atoms with E-state index in [1.54, 1.807) is 9.80 Å². The molecule has 0 aromatic heterocycles. The third-order valence-corrected chi connectivity index (χ3v) is 5.87. The Morgan fingerprint density at radius 2 is 2.15 bits per heavy atom. The first-order valence-electron chi connectivity index (χ1n) is 9.19. The molecule has 0 bridgehead atoms. The van der Waals surface area contributed by atoms with Gasteiger partial charge < -0.3 is 20.1 Å². The van der Waals surface area contributed by atoms with Gasteiger partial charge in [0, 0.05) is 32.1 Å². The van der Waals surface area contributed by atoms with E-state index in [-0.39, 0.29) is 44.0 Å². The minimum Gasteiger partial charge on any atom is -0.493 e. The molecule has 8 heteroatoms. The van der Waals surface area contributed by atoms with E-state index >= 15 is 0 Å². The normalized spacial score (nSPS) is 27.8. The molecule has 2 unspecified atom stereocenters. The number of ether oxygens (including phenoxy) is 1. The minimum absolute atomic E-state index is 0.0901. The van der Waals surface area contributed by atoms with Gasteiger partial charge in [-0.3, -0.25) is 19.3 Å². The third kappa shape index (κ3) is 3.25. The van der Waals surface area contributed by atoms with Crippen molar-refractivity contribution in [2.24, 2.45) is 11.3 Å². The van der Waals surface area contributed by atoms with Crippen LogP contribution in [0.5, 0.6) is 5.75 Å². The minimum atomic E-state index is -1.04. The zero-order valence-corrected chi connectivity index (χ0v) is 15.0. The summed E-state index contributed by atoms with van der Waals surface area (Å²) in [7, 11) is 0. The van der Waals surface area contributed by atoms with Gasteiger partial charge in [-0.05, 0) is 18.1 Å². The molecule has 0 spiro atoms. The molecular formula is C19H23N3O5. The number of fused-ring (bicyclic) bond motifs is 2. The summed E-state index contributed by atoms with van der Waals surface area (Å²) in [5.74, 6) is -0.652. The van der Waals surface area contributed by atoms with Crippen LogP contribution in [0.1, 0.15) is 5.56 Å². The molecule has 4 rings (SSSR count). The number of aliphatic carboxylic acids is 1. The number of hydrogen-bond acceptors (Lipinski definition) is 5. The fourth-order valence-corrected chi connectivity index (χ4v) is 4.33. The van der Waals surface area contributed by atoms with E-state index < -0.39 is 11.4 Å². The number of nitrogens with zero attached hydrogens (tertiary/aromatic N) is 2. The predicted octanol–water partition coefficient (Wildman–Crippen LogP) is -0.417. The van der Waals surface area contributed by atoms with Crippen molar-refractivity contribution in [3.8, 4) is 5.75 Å². The SMILES string of the molecule is O=C1CN(CC(=O)N2CC3COc4ccccc4CC3(C(=O)O)C2)CCN1.